The van der Waals surface area contributed by atoms with Gasteiger partial charge in [0.15, 0.2) is 5.96 Å². The smallest absolute Gasteiger partial charge is 0.230 e. The molecule has 1 amide bonds. The van der Waals surface area contributed by atoms with Crippen LogP contribution >= 0.6 is 11.6 Å². The van der Waals surface area contributed by atoms with Crippen molar-refractivity contribution in [1.29, 1.82) is 0 Å². The van der Waals surface area contributed by atoms with Gasteiger partial charge in [0.2, 0.25) is 5.91 Å². The molecule has 7 heteroatoms. The van der Waals surface area contributed by atoms with Crippen molar-refractivity contribution in [2.45, 2.75) is 43.9 Å². The highest BCUT2D eigenvalue weighted by Gasteiger charge is 2.42. The zero-order valence-corrected chi connectivity index (χ0v) is 19.2. The van der Waals surface area contributed by atoms with Crippen LogP contribution in [0.4, 0.5) is 0 Å². The molecule has 0 radical (unpaired) electrons. The molecule has 0 spiro atoms. The van der Waals surface area contributed by atoms with Crippen LogP contribution in [0.5, 0.6) is 0 Å². The lowest BCUT2D eigenvalue weighted by atomic mass is 9.74. The van der Waals surface area contributed by atoms with Crippen molar-refractivity contribution >= 4 is 23.5 Å². The van der Waals surface area contributed by atoms with E-state index in [1.54, 1.807) is 11.9 Å². The van der Waals surface area contributed by atoms with Crippen molar-refractivity contribution in [2.24, 2.45) is 10.4 Å². The molecule has 2 aliphatic rings. The highest BCUT2D eigenvalue weighted by atomic mass is 35.5. The molecule has 0 unspecified atom stereocenters. The molecule has 1 aliphatic carbocycles. The van der Waals surface area contributed by atoms with Crippen LogP contribution in [0.2, 0.25) is 5.02 Å². The second-order valence-corrected chi connectivity index (χ2v) is 9.25. The zero-order valence-electron chi connectivity index (χ0n) is 18.5. The second-order valence-electron chi connectivity index (χ2n) is 8.84. The Hall–Kier alpha value is -1.79. The molecule has 166 valence electrons. The number of carbonyl (C=O) groups excluding carboxylic acids is 1. The van der Waals surface area contributed by atoms with Crippen molar-refractivity contribution in [3.05, 3.63) is 34.9 Å². The Morgan fingerprint density at radius 2 is 1.73 bits per heavy atom. The lowest BCUT2D eigenvalue weighted by Crippen LogP contribution is -2.52. The Morgan fingerprint density at radius 1 is 1.10 bits per heavy atom. The quantitative estimate of drug-likeness (QED) is 0.533. The lowest BCUT2D eigenvalue weighted by Gasteiger charge is -2.39. The molecular formula is C23H35ClN4O2. The van der Waals surface area contributed by atoms with Crippen LogP contribution in [0, 0.1) is 5.41 Å². The summed E-state index contributed by atoms with van der Waals surface area (Å²) in [5.41, 5.74) is 0.729. The monoisotopic (exact) mass is 434 g/mol. The van der Waals surface area contributed by atoms with Crippen LogP contribution in [0.1, 0.15) is 44.1 Å². The third-order valence-corrected chi connectivity index (χ3v) is 7.06. The second kappa shape index (κ2) is 10.0. The number of amides is 1. The molecule has 2 N–H and O–H groups in total. The summed E-state index contributed by atoms with van der Waals surface area (Å²) in [4.78, 5) is 19.0. The summed E-state index contributed by atoms with van der Waals surface area (Å²) < 4.78 is 5.64. The standard InChI is InChI=1S/C23H35ClN4O2/c1-25-21(27-17-23(10-6-7-11-23)20(29)28(2)3)26-16-22(12-14-30-15-13-22)18-8-4-5-9-19(18)24/h4-5,8-9H,6-7,10-17H2,1-3H3,(H2,25,26,27). The largest absolute Gasteiger partial charge is 0.381 e. The number of hydrogen-bond donors (Lipinski definition) is 2. The van der Waals surface area contributed by atoms with E-state index in [4.69, 9.17) is 16.3 Å². The molecule has 1 heterocycles. The van der Waals surface area contributed by atoms with Crippen molar-refractivity contribution < 1.29 is 9.53 Å². The van der Waals surface area contributed by atoms with Crippen molar-refractivity contribution in [3.63, 3.8) is 0 Å². The summed E-state index contributed by atoms with van der Waals surface area (Å²) in [5.74, 6) is 0.936. The Bertz CT molecular complexity index is 753. The molecule has 1 saturated heterocycles. The highest BCUT2D eigenvalue weighted by molar-refractivity contribution is 6.31. The van der Waals surface area contributed by atoms with E-state index in [0.29, 0.717) is 13.1 Å². The molecule has 3 rings (SSSR count). The topological polar surface area (TPSA) is 66.0 Å². The maximum Gasteiger partial charge on any atom is 0.230 e. The first-order chi connectivity index (χ1) is 14.4. The Labute approximate surface area is 185 Å². The average Bonchev–Trinajstić information content (AvgIpc) is 3.24. The molecule has 1 aromatic rings. The SMILES string of the molecule is CN=C(NCC1(C(=O)N(C)C)CCCC1)NCC1(c2ccccc2Cl)CCOCC1. The minimum atomic E-state index is -0.333. The highest BCUT2D eigenvalue weighted by Crippen LogP contribution is 2.39. The maximum absolute atomic E-state index is 12.8. The summed E-state index contributed by atoms with van der Waals surface area (Å²) >= 11 is 6.57. The first-order valence-corrected chi connectivity index (χ1v) is 11.3. The molecule has 1 aliphatic heterocycles. The summed E-state index contributed by atoms with van der Waals surface area (Å²) in [6.45, 7) is 2.76. The zero-order chi connectivity index (χ0) is 21.6. The van der Waals surface area contributed by atoms with E-state index in [-0.39, 0.29) is 16.7 Å². The van der Waals surface area contributed by atoms with E-state index in [2.05, 4.69) is 21.7 Å². The van der Waals surface area contributed by atoms with E-state index in [0.717, 1.165) is 68.3 Å². The van der Waals surface area contributed by atoms with Crippen LogP contribution in [0.15, 0.2) is 29.3 Å². The fraction of sp³-hybridized carbons (Fsp3) is 0.652. The molecule has 0 atom stereocenters. The van der Waals surface area contributed by atoms with Gasteiger partial charge in [-0.25, -0.2) is 0 Å². The third-order valence-electron chi connectivity index (χ3n) is 6.73. The number of rotatable bonds is 6. The van der Waals surface area contributed by atoms with Gasteiger partial charge < -0.3 is 20.3 Å². The minimum Gasteiger partial charge on any atom is -0.381 e. The molecule has 1 saturated carbocycles. The van der Waals surface area contributed by atoms with E-state index in [1.165, 1.54) is 0 Å². The number of ether oxygens (including phenoxy) is 1. The van der Waals surface area contributed by atoms with Crippen molar-refractivity contribution in [2.75, 3.05) is 47.4 Å². The number of nitrogens with one attached hydrogen (secondary N) is 2. The summed E-state index contributed by atoms with van der Waals surface area (Å²) in [6.07, 6.45) is 5.86. The normalized spacial score (nSPS) is 20.6. The van der Waals surface area contributed by atoms with Crippen LogP contribution in [0.3, 0.4) is 0 Å². The van der Waals surface area contributed by atoms with Gasteiger partial charge in [0, 0.05) is 57.9 Å². The molecule has 6 nitrogen and oxygen atoms in total. The molecular weight excluding hydrogens is 400 g/mol. The van der Waals surface area contributed by atoms with Gasteiger partial charge in [-0.15, -0.1) is 0 Å². The number of carbonyl (C=O) groups is 1. The lowest BCUT2D eigenvalue weighted by molar-refractivity contribution is -0.138. The molecule has 30 heavy (non-hydrogen) atoms. The van der Waals surface area contributed by atoms with Gasteiger partial charge in [0.1, 0.15) is 0 Å². The third kappa shape index (κ3) is 4.92. The first kappa shape index (κ1) is 22.9. The Balaban J connectivity index is 1.69. The number of guanidine groups is 1. The minimum absolute atomic E-state index is 0.0985. The van der Waals surface area contributed by atoms with Crippen LogP contribution in [-0.4, -0.2) is 64.2 Å². The molecule has 0 bridgehead atoms. The Kier molecular flexibility index (Phi) is 7.64. The van der Waals surface area contributed by atoms with E-state index >= 15 is 0 Å². The van der Waals surface area contributed by atoms with Gasteiger partial charge in [-0.3, -0.25) is 9.79 Å². The fourth-order valence-electron chi connectivity index (χ4n) is 4.91. The van der Waals surface area contributed by atoms with Crippen molar-refractivity contribution in [1.82, 2.24) is 15.5 Å². The van der Waals surface area contributed by atoms with Crippen LogP contribution < -0.4 is 10.6 Å². The molecule has 2 fully saturated rings. The van der Waals surface area contributed by atoms with Gasteiger partial charge in [0.05, 0.1) is 5.41 Å². The molecule has 1 aromatic carbocycles. The molecule has 0 aromatic heterocycles. The fourth-order valence-corrected chi connectivity index (χ4v) is 5.25. The average molecular weight is 435 g/mol. The van der Waals surface area contributed by atoms with Gasteiger partial charge in [-0.05, 0) is 37.3 Å². The summed E-state index contributed by atoms with van der Waals surface area (Å²) in [6, 6.07) is 8.09. The Morgan fingerprint density at radius 3 is 2.33 bits per heavy atom. The van der Waals surface area contributed by atoms with Crippen molar-refractivity contribution in [3.8, 4) is 0 Å². The predicted octanol–water partition coefficient (Wildman–Crippen LogP) is 3.20. The van der Waals surface area contributed by atoms with Crippen LogP contribution in [0.25, 0.3) is 0 Å². The predicted molar refractivity (Wildman–Crippen MR) is 122 cm³/mol. The number of nitrogens with zero attached hydrogens (tertiary/aromatic N) is 2. The van der Waals surface area contributed by atoms with Crippen LogP contribution in [-0.2, 0) is 14.9 Å². The summed E-state index contributed by atoms with van der Waals surface area (Å²) in [7, 11) is 5.46. The van der Waals surface area contributed by atoms with Gasteiger partial charge in [0.25, 0.3) is 0 Å². The first-order valence-electron chi connectivity index (χ1n) is 10.9. The summed E-state index contributed by atoms with van der Waals surface area (Å²) in [5, 5.41) is 7.75. The van der Waals surface area contributed by atoms with Gasteiger partial charge in [-0.1, -0.05) is 42.6 Å². The maximum atomic E-state index is 12.8. The van der Waals surface area contributed by atoms with Gasteiger partial charge in [-0.2, -0.15) is 0 Å². The van der Waals surface area contributed by atoms with Gasteiger partial charge >= 0.3 is 0 Å². The van der Waals surface area contributed by atoms with E-state index < -0.39 is 0 Å². The number of halogens is 1. The number of aliphatic imine (C=N–C) groups is 1. The number of hydrogen-bond acceptors (Lipinski definition) is 3. The van der Waals surface area contributed by atoms with E-state index in [9.17, 15) is 4.79 Å². The van der Waals surface area contributed by atoms with E-state index in [1.807, 2.05) is 32.3 Å². The number of benzene rings is 1.